The van der Waals surface area contributed by atoms with E-state index in [4.69, 9.17) is 4.74 Å². The van der Waals surface area contributed by atoms with Crippen molar-refractivity contribution < 1.29 is 4.74 Å². The highest BCUT2D eigenvalue weighted by Crippen LogP contribution is 2.36. The molecule has 1 nitrogen and oxygen atoms in total. The average molecular weight is 277 g/mol. The van der Waals surface area contributed by atoms with Crippen molar-refractivity contribution in [3.05, 3.63) is 0 Å². The Morgan fingerprint density at radius 2 is 2.20 bits per heavy atom. The van der Waals surface area contributed by atoms with E-state index in [1.54, 1.807) is 0 Å². The fourth-order valence-electron chi connectivity index (χ4n) is 2.41. The first-order valence-electron chi connectivity index (χ1n) is 6.28. The molecule has 0 amide bonds. The maximum absolute atomic E-state index is 6.15. The van der Waals surface area contributed by atoms with Crippen molar-refractivity contribution in [1.29, 1.82) is 0 Å². The molecule has 1 saturated carbocycles. The molecule has 2 unspecified atom stereocenters. The van der Waals surface area contributed by atoms with Gasteiger partial charge in [-0.3, -0.25) is 0 Å². The molecule has 0 aromatic carbocycles. The van der Waals surface area contributed by atoms with Gasteiger partial charge in [0.25, 0.3) is 0 Å². The van der Waals surface area contributed by atoms with Crippen molar-refractivity contribution in [3.63, 3.8) is 0 Å². The molecule has 0 spiro atoms. The van der Waals surface area contributed by atoms with Crippen LogP contribution in [0.2, 0.25) is 0 Å². The quantitative estimate of drug-likeness (QED) is 0.677. The Kier molecular flexibility index (Phi) is 5.62. The van der Waals surface area contributed by atoms with E-state index in [2.05, 4.69) is 36.7 Å². The van der Waals surface area contributed by atoms with Crippen molar-refractivity contribution in [2.24, 2.45) is 11.8 Å². The van der Waals surface area contributed by atoms with Gasteiger partial charge in [0.2, 0.25) is 0 Å². The number of hydrogen-bond donors (Lipinski definition) is 0. The SMILES string of the molecule is CC(C)CCOC1(CBr)CCCC(C)C1. The summed E-state index contributed by atoms with van der Waals surface area (Å²) in [5.74, 6) is 1.58. The highest BCUT2D eigenvalue weighted by atomic mass is 79.9. The summed E-state index contributed by atoms with van der Waals surface area (Å²) in [6.07, 6.45) is 6.36. The highest BCUT2D eigenvalue weighted by Gasteiger charge is 2.34. The Hall–Kier alpha value is 0.440. The van der Waals surface area contributed by atoms with E-state index < -0.39 is 0 Å². The van der Waals surface area contributed by atoms with E-state index >= 15 is 0 Å². The number of hydrogen-bond acceptors (Lipinski definition) is 1. The second-order valence-electron chi connectivity index (χ2n) is 5.55. The summed E-state index contributed by atoms with van der Waals surface area (Å²) in [7, 11) is 0. The van der Waals surface area contributed by atoms with Crippen LogP contribution in [0.4, 0.5) is 0 Å². The molecule has 0 aromatic heterocycles. The number of halogens is 1. The molecular weight excluding hydrogens is 252 g/mol. The minimum absolute atomic E-state index is 0.145. The van der Waals surface area contributed by atoms with Gasteiger partial charge in [-0.05, 0) is 31.1 Å². The summed E-state index contributed by atoms with van der Waals surface area (Å²) >= 11 is 3.64. The van der Waals surface area contributed by atoms with Gasteiger partial charge in [0.1, 0.15) is 0 Å². The summed E-state index contributed by atoms with van der Waals surface area (Å²) in [6, 6.07) is 0. The van der Waals surface area contributed by atoms with E-state index in [-0.39, 0.29) is 5.60 Å². The largest absolute Gasteiger partial charge is 0.374 e. The smallest absolute Gasteiger partial charge is 0.0781 e. The van der Waals surface area contributed by atoms with Crippen LogP contribution in [0.1, 0.15) is 52.9 Å². The summed E-state index contributed by atoms with van der Waals surface area (Å²) < 4.78 is 6.15. The zero-order valence-corrected chi connectivity index (χ0v) is 12.0. The molecule has 1 fully saturated rings. The predicted molar refractivity (Wildman–Crippen MR) is 69.6 cm³/mol. The van der Waals surface area contributed by atoms with Crippen LogP contribution in [0, 0.1) is 11.8 Å². The van der Waals surface area contributed by atoms with E-state index in [1.807, 2.05) is 0 Å². The molecule has 90 valence electrons. The van der Waals surface area contributed by atoms with Crippen molar-refractivity contribution in [3.8, 4) is 0 Å². The number of ether oxygens (including phenoxy) is 1. The van der Waals surface area contributed by atoms with Crippen LogP contribution >= 0.6 is 15.9 Å². The van der Waals surface area contributed by atoms with E-state index in [0.29, 0.717) is 0 Å². The molecule has 0 aromatic rings. The van der Waals surface area contributed by atoms with Gasteiger partial charge in [0, 0.05) is 11.9 Å². The third-order valence-corrected chi connectivity index (χ3v) is 4.42. The molecule has 15 heavy (non-hydrogen) atoms. The normalized spacial score (nSPS) is 32.2. The topological polar surface area (TPSA) is 9.23 Å². The minimum Gasteiger partial charge on any atom is -0.374 e. The molecule has 1 aliphatic rings. The zero-order chi connectivity index (χ0) is 11.3. The molecule has 0 saturated heterocycles. The lowest BCUT2D eigenvalue weighted by molar-refractivity contribution is -0.0660. The molecule has 0 aliphatic heterocycles. The van der Waals surface area contributed by atoms with E-state index in [0.717, 1.165) is 23.8 Å². The fourth-order valence-corrected chi connectivity index (χ4v) is 3.09. The van der Waals surface area contributed by atoms with Crippen LogP contribution in [0.3, 0.4) is 0 Å². The zero-order valence-electron chi connectivity index (χ0n) is 10.4. The molecule has 1 aliphatic carbocycles. The van der Waals surface area contributed by atoms with Crippen LogP contribution in [0.15, 0.2) is 0 Å². The molecule has 0 radical (unpaired) electrons. The Bertz CT molecular complexity index is 181. The van der Waals surface area contributed by atoms with Crippen molar-refractivity contribution >= 4 is 15.9 Å². The third kappa shape index (κ3) is 4.44. The maximum atomic E-state index is 6.15. The van der Waals surface area contributed by atoms with Crippen LogP contribution in [-0.2, 0) is 4.74 Å². The van der Waals surface area contributed by atoms with E-state index in [1.165, 1.54) is 32.1 Å². The number of rotatable bonds is 5. The van der Waals surface area contributed by atoms with Crippen molar-refractivity contribution in [2.75, 3.05) is 11.9 Å². The first-order valence-corrected chi connectivity index (χ1v) is 7.40. The van der Waals surface area contributed by atoms with Gasteiger partial charge in [-0.15, -0.1) is 0 Å². The minimum atomic E-state index is 0.145. The molecule has 0 N–H and O–H groups in total. The molecule has 0 heterocycles. The Labute approximate surface area is 103 Å². The summed E-state index contributed by atoms with van der Waals surface area (Å²) in [4.78, 5) is 0. The van der Waals surface area contributed by atoms with Gasteiger partial charge >= 0.3 is 0 Å². The monoisotopic (exact) mass is 276 g/mol. The van der Waals surface area contributed by atoms with Gasteiger partial charge in [-0.1, -0.05) is 49.5 Å². The van der Waals surface area contributed by atoms with Gasteiger partial charge < -0.3 is 4.74 Å². The van der Waals surface area contributed by atoms with Crippen LogP contribution in [0.5, 0.6) is 0 Å². The summed E-state index contributed by atoms with van der Waals surface area (Å²) in [5, 5.41) is 1.00. The Balaban J connectivity index is 2.38. The molecule has 1 rings (SSSR count). The standard InChI is InChI=1S/C13H25BrO/c1-11(2)6-8-15-13(10-14)7-4-5-12(3)9-13/h11-12H,4-10H2,1-3H3. The first kappa shape index (κ1) is 13.5. The van der Waals surface area contributed by atoms with Crippen LogP contribution in [-0.4, -0.2) is 17.5 Å². The van der Waals surface area contributed by atoms with Crippen molar-refractivity contribution in [1.82, 2.24) is 0 Å². The Morgan fingerprint density at radius 3 is 2.73 bits per heavy atom. The maximum Gasteiger partial charge on any atom is 0.0781 e. The average Bonchev–Trinajstić information content (AvgIpc) is 2.17. The summed E-state index contributed by atoms with van der Waals surface area (Å²) in [5.41, 5.74) is 0.145. The van der Waals surface area contributed by atoms with Crippen LogP contribution < -0.4 is 0 Å². The summed E-state index contributed by atoms with van der Waals surface area (Å²) in [6.45, 7) is 7.79. The van der Waals surface area contributed by atoms with E-state index in [9.17, 15) is 0 Å². The van der Waals surface area contributed by atoms with Gasteiger partial charge in [0.15, 0.2) is 0 Å². The van der Waals surface area contributed by atoms with Crippen LogP contribution in [0.25, 0.3) is 0 Å². The first-order chi connectivity index (χ1) is 7.08. The lowest BCUT2D eigenvalue weighted by atomic mass is 9.80. The fraction of sp³-hybridized carbons (Fsp3) is 1.00. The third-order valence-electron chi connectivity index (χ3n) is 3.40. The molecule has 2 atom stereocenters. The second-order valence-corrected chi connectivity index (χ2v) is 6.11. The highest BCUT2D eigenvalue weighted by molar-refractivity contribution is 9.09. The number of alkyl halides is 1. The molecule has 2 heteroatoms. The predicted octanol–water partition coefficient (Wildman–Crippen LogP) is 4.39. The lowest BCUT2D eigenvalue weighted by Crippen LogP contribution is -2.39. The molecular formula is C13H25BrO. The van der Waals surface area contributed by atoms with Gasteiger partial charge in [0.05, 0.1) is 5.60 Å². The lowest BCUT2D eigenvalue weighted by Gasteiger charge is -2.39. The second kappa shape index (κ2) is 6.24. The Morgan fingerprint density at radius 1 is 1.47 bits per heavy atom. The van der Waals surface area contributed by atoms with Crippen molar-refractivity contribution in [2.45, 2.75) is 58.5 Å². The molecule has 0 bridgehead atoms. The van der Waals surface area contributed by atoms with Gasteiger partial charge in [-0.25, -0.2) is 0 Å². The van der Waals surface area contributed by atoms with Gasteiger partial charge in [-0.2, -0.15) is 0 Å².